The molecule has 0 aromatic carbocycles. The Morgan fingerprint density at radius 1 is 0.600 bits per heavy atom. The van der Waals surface area contributed by atoms with Gasteiger partial charge in [-0.3, -0.25) is 0 Å². The average molecular weight is 280 g/mol. The molecule has 0 aromatic heterocycles. The molecule has 20 heavy (non-hydrogen) atoms. The standard InChI is InChI=1S/C14H26B2O4/c1-9-10(2)14(8)13(9,7)19-16(20-14)15-17-11(3,4)12(5,6)18-15/h9-10H,1-8H3/t9-,10?,13?,14?/m0/s1. The zero-order chi connectivity index (χ0) is 15.1. The minimum atomic E-state index is -0.460. The predicted molar refractivity (Wildman–Crippen MR) is 79.1 cm³/mol. The van der Waals surface area contributed by atoms with Crippen molar-refractivity contribution in [3.63, 3.8) is 0 Å². The van der Waals surface area contributed by atoms with Gasteiger partial charge in [-0.05, 0) is 53.4 Å². The van der Waals surface area contributed by atoms with Crippen molar-refractivity contribution in [2.24, 2.45) is 11.8 Å². The van der Waals surface area contributed by atoms with Gasteiger partial charge < -0.3 is 18.6 Å². The third-order valence-electron chi connectivity index (χ3n) is 6.69. The second-order valence-electron chi connectivity index (χ2n) is 8.02. The fraction of sp³-hybridized carbons (Fsp3) is 1.00. The average Bonchev–Trinajstić information content (AvgIpc) is 2.70. The van der Waals surface area contributed by atoms with E-state index in [2.05, 4.69) is 27.7 Å². The first-order valence-electron chi connectivity index (χ1n) is 7.66. The Hall–Kier alpha value is -0.0301. The van der Waals surface area contributed by atoms with Crippen LogP contribution in [0.15, 0.2) is 0 Å². The predicted octanol–water partition coefficient (Wildman–Crippen LogP) is 2.50. The second kappa shape index (κ2) is 3.83. The lowest BCUT2D eigenvalue weighted by atomic mass is 9.49. The largest absolute Gasteiger partial charge is 0.489 e. The molecule has 1 aliphatic carbocycles. The van der Waals surface area contributed by atoms with Gasteiger partial charge in [-0.25, -0.2) is 0 Å². The molecule has 6 heteroatoms. The van der Waals surface area contributed by atoms with Crippen molar-refractivity contribution in [1.82, 2.24) is 0 Å². The Balaban J connectivity index is 1.80. The van der Waals surface area contributed by atoms with E-state index in [1.807, 2.05) is 27.7 Å². The molecule has 0 bridgehead atoms. The van der Waals surface area contributed by atoms with Gasteiger partial charge in [-0.1, -0.05) is 13.8 Å². The van der Waals surface area contributed by atoms with Crippen LogP contribution < -0.4 is 0 Å². The van der Waals surface area contributed by atoms with Crippen LogP contribution in [0.25, 0.3) is 0 Å². The second-order valence-corrected chi connectivity index (χ2v) is 8.02. The number of fused-ring (bicyclic) bond motifs is 1. The first kappa shape index (κ1) is 14.9. The molecule has 0 radical (unpaired) electrons. The molecule has 0 amide bonds. The highest BCUT2D eigenvalue weighted by molar-refractivity contribution is 7.11. The van der Waals surface area contributed by atoms with Gasteiger partial charge in [-0.15, -0.1) is 0 Å². The third kappa shape index (κ3) is 1.54. The minimum absolute atomic E-state index is 0.249. The smallest absolute Gasteiger partial charge is 0.405 e. The van der Waals surface area contributed by atoms with Crippen LogP contribution >= 0.6 is 0 Å². The Kier molecular flexibility index (Phi) is 2.85. The monoisotopic (exact) mass is 280 g/mol. The summed E-state index contributed by atoms with van der Waals surface area (Å²) in [7, 11) is -0.905. The highest BCUT2D eigenvalue weighted by Crippen LogP contribution is 2.60. The van der Waals surface area contributed by atoms with Gasteiger partial charge in [0.15, 0.2) is 0 Å². The van der Waals surface area contributed by atoms with Crippen molar-refractivity contribution >= 4 is 14.0 Å². The minimum Gasteiger partial charge on any atom is -0.405 e. The summed E-state index contributed by atoms with van der Waals surface area (Å²) in [5, 5.41) is 0. The fourth-order valence-electron chi connectivity index (χ4n) is 3.83. The van der Waals surface area contributed by atoms with Crippen LogP contribution in [0.5, 0.6) is 0 Å². The lowest BCUT2D eigenvalue weighted by Crippen LogP contribution is -2.69. The summed E-state index contributed by atoms with van der Waals surface area (Å²) in [6, 6.07) is 0. The normalized spacial score (nSPS) is 49.2. The maximum Gasteiger partial charge on any atom is 0.489 e. The van der Waals surface area contributed by atoms with E-state index in [1.54, 1.807) is 0 Å². The van der Waals surface area contributed by atoms with Gasteiger partial charge in [-0.2, -0.15) is 0 Å². The zero-order valence-electron chi connectivity index (χ0n) is 13.9. The molecule has 4 nitrogen and oxygen atoms in total. The van der Waals surface area contributed by atoms with Crippen LogP contribution in [0.4, 0.5) is 0 Å². The van der Waals surface area contributed by atoms with Crippen molar-refractivity contribution in [3.05, 3.63) is 0 Å². The van der Waals surface area contributed by atoms with E-state index in [-0.39, 0.29) is 22.4 Å². The molecule has 2 heterocycles. The van der Waals surface area contributed by atoms with Gasteiger partial charge in [0.1, 0.15) is 0 Å². The summed E-state index contributed by atoms with van der Waals surface area (Å²) in [5.74, 6) is 0.944. The maximum absolute atomic E-state index is 6.23. The Morgan fingerprint density at radius 2 is 0.900 bits per heavy atom. The van der Waals surface area contributed by atoms with Crippen LogP contribution in [0.3, 0.4) is 0 Å². The summed E-state index contributed by atoms with van der Waals surface area (Å²) in [6.07, 6.45) is 0. The molecule has 3 rings (SSSR count). The molecule has 4 atom stereocenters. The van der Waals surface area contributed by atoms with Crippen molar-refractivity contribution in [2.45, 2.75) is 77.8 Å². The van der Waals surface area contributed by atoms with Gasteiger partial charge in [0.25, 0.3) is 0 Å². The molecule has 3 unspecified atom stereocenters. The first-order valence-corrected chi connectivity index (χ1v) is 7.66. The Labute approximate surface area is 123 Å². The van der Waals surface area contributed by atoms with E-state index in [9.17, 15) is 0 Å². The molecule has 112 valence electrons. The maximum atomic E-state index is 6.23. The van der Waals surface area contributed by atoms with Gasteiger partial charge in [0.2, 0.25) is 0 Å². The molecule has 2 saturated heterocycles. The highest BCUT2D eigenvalue weighted by atomic mass is 16.7. The van der Waals surface area contributed by atoms with Gasteiger partial charge in [0, 0.05) is 0 Å². The lowest BCUT2D eigenvalue weighted by molar-refractivity contribution is -0.202. The molecule has 0 spiro atoms. The van der Waals surface area contributed by atoms with Crippen molar-refractivity contribution in [1.29, 1.82) is 0 Å². The summed E-state index contributed by atoms with van der Waals surface area (Å²) in [4.78, 5) is 0. The SMILES string of the molecule is CC1[C@H](C)C2(C)OB(B3OC(C)(C)C(C)(C)O3)OC12C. The number of rotatable bonds is 1. The summed E-state index contributed by atoms with van der Waals surface area (Å²) >= 11 is 0. The molecular formula is C14H26B2O4. The molecule has 1 saturated carbocycles. The summed E-state index contributed by atoms with van der Waals surface area (Å²) < 4.78 is 24.6. The lowest BCUT2D eigenvalue weighted by Gasteiger charge is -2.60. The zero-order valence-corrected chi connectivity index (χ0v) is 13.9. The molecule has 3 aliphatic rings. The highest BCUT2D eigenvalue weighted by Gasteiger charge is 2.74. The third-order valence-corrected chi connectivity index (χ3v) is 6.69. The van der Waals surface area contributed by atoms with E-state index in [4.69, 9.17) is 18.6 Å². The quantitative estimate of drug-likeness (QED) is 0.691. The number of hydrogen-bond donors (Lipinski definition) is 0. The van der Waals surface area contributed by atoms with E-state index < -0.39 is 14.0 Å². The van der Waals surface area contributed by atoms with Crippen LogP contribution in [-0.2, 0) is 18.6 Å². The molecule has 0 N–H and O–H groups in total. The Bertz CT molecular complexity index is 403. The van der Waals surface area contributed by atoms with E-state index in [1.165, 1.54) is 0 Å². The van der Waals surface area contributed by atoms with Crippen LogP contribution in [0.2, 0.25) is 0 Å². The van der Waals surface area contributed by atoms with E-state index in [0.29, 0.717) is 11.8 Å². The van der Waals surface area contributed by atoms with Crippen molar-refractivity contribution in [2.75, 3.05) is 0 Å². The van der Waals surface area contributed by atoms with Crippen LogP contribution in [0.1, 0.15) is 55.4 Å². The topological polar surface area (TPSA) is 36.9 Å². The van der Waals surface area contributed by atoms with Crippen LogP contribution in [0, 0.1) is 11.8 Å². The van der Waals surface area contributed by atoms with E-state index >= 15 is 0 Å². The molecular weight excluding hydrogens is 254 g/mol. The summed E-state index contributed by atoms with van der Waals surface area (Å²) in [6.45, 7) is 16.9. The van der Waals surface area contributed by atoms with Crippen molar-refractivity contribution in [3.8, 4) is 0 Å². The van der Waals surface area contributed by atoms with Crippen LogP contribution in [-0.4, -0.2) is 36.4 Å². The van der Waals surface area contributed by atoms with Gasteiger partial charge in [0.05, 0.1) is 22.4 Å². The first-order chi connectivity index (χ1) is 8.95. The Morgan fingerprint density at radius 3 is 1.25 bits per heavy atom. The summed E-state index contributed by atoms with van der Waals surface area (Å²) in [5.41, 5.74) is -1.21. The molecule has 3 fully saturated rings. The molecule has 2 aliphatic heterocycles. The number of hydrogen-bond acceptors (Lipinski definition) is 4. The molecule has 0 aromatic rings. The van der Waals surface area contributed by atoms with Crippen molar-refractivity contribution < 1.29 is 18.6 Å². The van der Waals surface area contributed by atoms with Gasteiger partial charge >= 0.3 is 14.0 Å². The van der Waals surface area contributed by atoms with E-state index in [0.717, 1.165) is 0 Å². The fourth-order valence-corrected chi connectivity index (χ4v) is 3.83.